The van der Waals surface area contributed by atoms with Crippen molar-refractivity contribution in [2.75, 3.05) is 13.7 Å². The van der Waals surface area contributed by atoms with E-state index in [1.54, 1.807) is 13.4 Å². The molecule has 1 aliphatic rings. The number of piperidine rings is 1. The van der Waals surface area contributed by atoms with Gasteiger partial charge in [0.1, 0.15) is 12.1 Å². The summed E-state index contributed by atoms with van der Waals surface area (Å²) in [6.07, 6.45) is 7.14. The average Bonchev–Trinajstić information content (AvgIpc) is 2.57. The first-order chi connectivity index (χ1) is 10.4. The van der Waals surface area contributed by atoms with Gasteiger partial charge in [0.15, 0.2) is 0 Å². The molecular formula is C17H21N3O. The van der Waals surface area contributed by atoms with Crippen molar-refractivity contribution in [3.8, 4) is 5.75 Å². The maximum absolute atomic E-state index is 5.48. The van der Waals surface area contributed by atoms with E-state index in [1.807, 2.05) is 24.4 Å². The number of ether oxygens (including phenoxy) is 1. The van der Waals surface area contributed by atoms with E-state index in [0.29, 0.717) is 6.04 Å². The van der Waals surface area contributed by atoms with Crippen molar-refractivity contribution < 1.29 is 4.74 Å². The standard InChI is InChI=1S/C17H21N3O/c1-21-17-8-3-2-6-14(17)12-20-11-5-4-7-16(20)15-9-10-18-13-19-15/h2-3,6,8-10,13,16H,4-5,7,11-12H2,1H3/t16-/m1/s1. The Bertz CT molecular complexity index is 573. The summed E-state index contributed by atoms with van der Waals surface area (Å²) in [6, 6.07) is 10.7. The quantitative estimate of drug-likeness (QED) is 0.863. The number of para-hydroxylation sites is 1. The summed E-state index contributed by atoms with van der Waals surface area (Å²) in [6.45, 7) is 2.01. The molecule has 0 aliphatic carbocycles. The van der Waals surface area contributed by atoms with Gasteiger partial charge < -0.3 is 4.74 Å². The van der Waals surface area contributed by atoms with Gasteiger partial charge in [-0.3, -0.25) is 4.90 Å². The molecule has 0 bridgehead atoms. The third-order valence-corrected chi connectivity index (χ3v) is 4.13. The maximum Gasteiger partial charge on any atom is 0.123 e. The number of aromatic nitrogens is 2. The van der Waals surface area contributed by atoms with Crippen LogP contribution in [0.15, 0.2) is 42.9 Å². The van der Waals surface area contributed by atoms with Crippen molar-refractivity contribution in [2.24, 2.45) is 0 Å². The van der Waals surface area contributed by atoms with Crippen molar-refractivity contribution in [1.29, 1.82) is 0 Å². The Kier molecular flexibility index (Phi) is 4.46. The second-order valence-corrected chi connectivity index (χ2v) is 5.43. The van der Waals surface area contributed by atoms with Gasteiger partial charge in [-0.25, -0.2) is 9.97 Å². The van der Waals surface area contributed by atoms with Crippen LogP contribution in [0.4, 0.5) is 0 Å². The molecule has 1 aromatic carbocycles. The van der Waals surface area contributed by atoms with Gasteiger partial charge in [-0.2, -0.15) is 0 Å². The normalized spacial score (nSPS) is 19.4. The molecule has 21 heavy (non-hydrogen) atoms. The maximum atomic E-state index is 5.48. The molecule has 1 aromatic heterocycles. The molecule has 1 atom stereocenters. The number of methoxy groups -OCH3 is 1. The minimum atomic E-state index is 0.381. The highest BCUT2D eigenvalue weighted by molar-refractivity contribution is 5.33. The van der Waals surface area contributed by atoms with Crippen LogP contribution in [0.1, 0.15) is 36.6 Å². The minimum Gasteiger partial charge on any atom is -0.496 e. The fourth-order valence-electron chi connectivity index (χ4n) is 3.07. The topological polar surface area (TPSA) is 38.2 Å². The van der Waals surface area contributed by atoms with Gasteiger partial charge in [-0.1, -0.05) is 24.6 Å². The fourth-order valence-corrected chi connectivity index (χ4v) is 3.07. The molecule has 1 fully saturated rings. The lowest BCUT2D eigenvalue weighted by molar-refractivity contribution is 0.136. The summed E-state index contributed by atoms with van der Waals surface area (Å²) >= 11 is 0. The first-order valence-electron chi connectivity index (χ1n) is 7.50. The molecule has 2 heterocycles. The van der Waals surface area contributed by atoms with Crippen LogP contribution in [-0.2, 0) is 6.54 Å². The zero-order valence-corrected chi connectivity index (χ0v) is 12.4. The van der Waals surface area contributed by atoms with Crippen molar-refractivity contribution in [2.45, 2.75) is 31.8 Å². The molecule has 1 saturated heterocycles. The third-order valence-electron chi connectivity index (χ3n) is 4.13. The molecule has 110 valence electrons. The molecule has 1 aliphatic heterocycles. The van der Waals surface area contributed by atoms with Crippen LogP contribution in [-0.4, -0.2) is 28.5 Å². The lowest BCUT2D eigenvalue weighted by Crippen LogP contribution is -2.33. The second-order valence-electron chi connectivity index (χ2n) is 5.43. The predicted molar refractivity (Wildman–Crippen MR) is 82.0 cm³/mol. The zero-order chi connectivity index (χ0) is 14.5. The van der Waals surface area contributed by atoms with E-state index in [4.69, 9.17) is 4.74 Å². The number of benzene rings is 1. The molecular weight excluding hydrogens is 262 g/mol. The van der Waals surface area contributed by atoms with Gasteiger partial charge in [-0.15, -0.1) is 0 Å². The van der Waals surface area contributed by atoms with Crippen molar-refractivity contribution in [1.82, 2.24) is 14.9 Å². The van der Waals surface area contributed by atoms with Crippen molar-refractivity contribution in [3.05, 3.63) is 54.1 Å². The first-order valence-corrected chi connectivity index (χ1v) is 7.50. The van der Waals surface area contributed by atoms with E-state index in [1.165, 1.54) is 18.4 Å². The molecule has 2 aromatic rings. The lowest BCUT2D eigenvalue weighted by Gasteiger charge is -2.35. The summed E-state index contributed by atoms with van der Waals surface area (Å²) < 4.78 is 5.48. The highest BCUT2D eigenvalue weighted by Crippen LogP contribution is 2.32. The SMILES string of the molecule is COc1ccccc1CN1CCCC[C@@H]1c1ccncn1. The van der Waals surface area contributed by atoms with E-state index in [2.05, 4.69) is 27.0 Å². The summed E-state index contributed by atoms with van der Waals surface area (Å²) in [5.74, 6) is 0.963. The molecule has 0 radical (unpaired) electrons. The number of rotatable bonds is 4. The number of hydrogen-bond acceptors (Lipinski definition) is 4. The van der Waals surface area contributed by atoms with Crippen LogP contribution in [0.5, 0.6) is 5.75 Å². The third kappa shape index (κ3) is 3.22. The monoisotopic (exact) mass is 283 g/mol. The largest absolute Gasteiger partial charge is 0.496 e. The Morgan fingerprint density at radius 2 is 2.14 bits per heavy atom. The summed E-state index contributed by atoms with van der Waals surface area (Å²) in [4.78, 5) is 11.0. The van der Waals surface area contributed by atoms with Gasteiger partial charge in [0.05, 0.1) is 18.8 Å². The average molecular weight is 283 g/mol. The van der Waals surface area contributed by atoms with Crippen LogP contribution < -0.4 is 4.74 Å². The Balaban J connectivity index is 1.82. The molecule has 0 amide bonds. The summed E-state index contributed by atoms with van der Waals surface area (Å²) in [7, 11) is 1.73. The van der Waals surface area contributed by atoms with Crippen LogP contribution in [0.3, 0.4) is 0 Å². The van der Waals surface area contributed by atoms with Gasteiger partial charge in [0.2, 0.25) is 0 Å². The van der Waals surface area contributed by atoms with Crippen LogP contribution in [0.25, 0.3) is 0 Å². The molecule has 0 saturated carbocycles. The van der Waals surface area contributed by atoms with Gasteiger partial charge in [-0.05, 0) is 31.5 Å². The molecule has 3 rings (SSSR count). The number of hydrogen-bond donors (Lipinski definition) is 0. The highest BCUT2D eigenvalue weighted by atomic mass is 16.5. The predicted octanol–water partition coefficient (Wildman–Crippen LogP) is 3.21. The van der Waals surface area contributed by atoms with Gasteiger partial charge in [0, 0.05) is 18.3 Å². The van der Waals surface area contributed by atoms with Gasteiger partial charge in [0.25, 0.3) is 0 Å². The summed E-state index contributed by atoms with van der Waals surface area (Å²) in [5, 5.41) is 0. The molecule has 4 heteroatoms. The Labute approximate surface area is 125 Å². The lowest BCUT2D eigenvalue weighted by atomic mass is 9.98. The van der Waals surface area contributed by atoms with E-state index in [9.17, 15) is 0 Å². The Morgan fingerprint density at radius 1 is 1.24 bits per heavy atom. The molecule has 0 spiro atoms. The van der Waals surface area contributed by atoms with E-state index < -0.39 is 0 Å². The highest BCUT2D eigenvalue weighted by Gasteiger charge is 2.25. The van der Waals surface area contributed by atoms with E-state index in [-0.39, 0.29) is 0 Å². The summed E-state index contributed by atoms with van der Waals surface area (Å²) in [5.41, 5.74) is 2.36. The first kappa shape index (κ1) is 14.0. The van der Waals surface area contributed by atoms with Crippen LogP contribution in [0.2, 0.25) is 0 Å². The molecule has 0 N–H and O–H groups in total. The molecule has 0 unspecified atom stereocenters. The van der Waals surface area contributed by atoms with Crippen LogP contribution >= 0.6 is 0 Å². The fraction of sp³-hybridized carbons (Fsp3) is 0.412. The van der Waals surface area contributed by atoms with E-state index >= 15 is 0 Å². The smallest absolute Gasteiger partial charge is 0.123 e. The Hall–Kier alpha value is -1.94. The van der Waals surface area contributed by atoms with E-state index in [0.717, 1.165) is 31.0 Å². The van der Waals surface area contributed by atoms with Crippen LogP contribution in [0, 0.1) is 0 Å². The zero-order valence-electron chi connectivity index (χ0n) is 12.4. The van der Waals surface area contributed by atoms with Crippen molar-refractivity contribution >= 4 is 0 Å². The van der Waals surface area contributed by atoms with Crippen molar-refractivity contribution in [3.63, 3.8) is 0 Å². The molecule has 4 nitrogen and oxygen atoms in total. The number of nitrogens with zero attached hydrogens (tertiary/aromatic N) is 3. The Morgan fingerprint density at radius 3 is 2.95 bits per heavy atom. The van der Waals surface area contributed by atoms with Gasteiger partial charge >= 0.3 is 0 Å². The minimum absolute atomic E-state index is 0.381. The number of likely N-dealkylation sites (tertiary alicyclic amines) is 1. The second kappa shape index (κ2) is 6.68.